The van der Waals surface area contributed by atoms with Crippen LogP contribution >= 0.6 is 11.6 Å². The van der Waals surface area contributed by atoms with Crippen molar-refractivity contribution in [1.29, 1.82) is 0 Å². The van der Waals surface area contributed by atoms with Crippen molar-refractivity contribution in [2.75, 3.05) is 5.88 Å². The largest absolute Gasteiger partial charge is 0.313 e. The molecule has 0 unspecified atom stereocenters. The van der Waals surface area contributed by atoms with Crippen LogP contribution in [0.5, 0.6) is 0 Å². The molecule has 0 aliphatic heterocycles. The maximum absolute atomic E-state index is 5.90. The third-order valence-electron chi connectivity index (χ3n) is 3.22. The maximum Gasteiger partial charge on any atom is 0.158 e. The summed E-state index contributed by atoms with van der Waals surface area (Å²) in [4.78, 5) is 4.79. The van der Waals surface area contributed by atoms with Gasteiger partial charge >= 0.3 is 0 Å². The summed E-state index contributed by atoms with van der Waals surface area (Å²) in [5.41, 5.74) is 3.31. The molecule has 2 heterocycles. The zero-order valence-corrected chi connectivity index (χ0v) is 13.0. The average Bonchev–Trinajstić information content (AvgIpc) is 2.81. The van der Waals surface area contributed by atoms with Crippen molar-refractivity contribution in [2.24, 2.45) is 13.0 Å². The minimum atomic E-state index is 0.580. The highest BCUT2D eigenvalue weighted by atomic mass is 35.5. The maximum atomic E-state index is 5.90. The van der Waals surface area contributed by atoms with Gasteiger partial charge in [0.25, 0.3) is 0 Å². The molecule has 0 N–H and O–H groups in total. The minimum absolute atomic E-state index is 0.580. The van der Waals surface area contributed by atoms with Gasteiger partial charge in [0.05, 0.1) is 5.69 Å². The number of halogens is 1. The average molecular weight is 283 g/mol. The van der Waals surface area contributed by atoms with Crippen molar-refractivity contribution < 1.29 is 0 Å². The number of imidazole rings is 1. The molecule has 2 rings (SSSR count). The first-order valence-electron chi connectivity index (χ1n) is 7.05. The van der Waals surface area contributed by atoms with Crippen molar-refractivity contribution in [2.45, 2.75) is 46.6 Å². The molecule has 0 bridgehead atoms. The number of nitrogens with zero attached hydrogens (tertiary/aromatic N) is 4. The number of hydrogen-bond acceptors (Lipinski definition) is 2. The van der Waals surface area contributed by atoms with Crippen molar-refractivity contribution in [3.8, 4) is 0 Å². The highest BCUT2D eigenvalue weighted by Gasteiger charge is 2.18. The van der Waals surface area contributed by atoms with Gasteiger partial charge in [0, 0.05) is 25.9 Å². The molecular weight excluding hydrogens is 260 g/mol. The van der Waals surface area contributed by atoms with Crippen molar-refractivity contribution in [3.05, 3.63) is 11.5 Å². The monoisotopic (exact) mass is 282 g/mol. The predicted octanol–water partition coefficient (Wildman–Crippen LogP) is 3.16. The van der Waals surface area contributed by atoms with Gasteiger partial charge in [-0.1, -0.05) is 27.2 Å². The second-order valence-electron chi connectivity index (χ2n) is 5.46. The van der Waals surface area contributed by atoms with E-state index in [1.54, 1.807) is 0 Å². The van der Waals surface area contributed by atoms with Crippen molar-refractivity contribution >= 4 is 22.8 Å². The van der Waals surface area contributed by atoms with Crippen molar-refractivity contribution in [1.82, 2.24) is 19.3 Å². The summed E-state index contributed by atoms with van der Waals surface area (Å²) in [6, 6.07) is 0. The number of rotatable bonds is 6. The number of alkyl halides is 1. The van der Waals surface area contributed by atoms with E-state index in [1.165, 1.54) is 0 Å². The van der Waals surface area contributed by atoms with E-state index >= 15 is 0 Å². The molecule has 0 saturated heterocycles. The molecule has 0 saturated carbocycles. The van der Waals surface area contributed by atoms with Gasteiger partial charge in [-0.05, 0) is 12.3 Å². The van der Waals surface area contributed by atoms with Crippen LogP contribution in [0.4, 0.5) is 0 Å². The molecule has 0 radical (unpaired) electrons. The van der Waals surface area contributed by atoms with Crippen LogP contribution in [0.2, 0.25) is 0 Å². The molecular formula is C14H23ClN4. The second-order valence-corrected chi connectivity index (χ2v) is 5.84. The Bertz CT molecular complexity index is 553. The van der Waals surface area contributed by atoms with E-state index in [2.05, 4.69) is 30.4 Å². The van der Waals surface area contributed by atoms with Crippen LogP contribution in [0.1, 0.15) is 38.7 Å². The van der Waals surface area contributed by atoms with Gasteiger partial charge in [0.2, 0.25) is 0 Å². The SMILES string of the molecule is CCCc1nn(C)c2c1nc(CCCl)n2CC(C)C. The van der Waals surface area contributed by atoms with E-state index in [9.17, 15) is 0 Å². The molecule has 0 aromatic carbocycles. The Hall–Kier alpha value is -1.03. The smallest absolute Gasteiger partial charge is 0.158 e. The lowest BCUT2D eigenvalue weighted by atomic mass is 10.2. The van der Waals surface area contributed by atoms with Gasteiger partial charge in [-0.3, -0.25) is 4.68 Å². The van der Waals surface area contributed by atoms with Gasteiger partial charge in [-0.15, -0.1) is 11.6 Å². The summed E-state index contributed by atoms with van der Waals surface area (Å²) >= 11 is 5.90. The summed E-state index contributed by atoms with van der Waals surface area (Å²) in [5, 5.41) is 4.61. The minimum Gasteiger partial charge on any atom is -0.313 e. The molecule has 106 valence electrons. The number of hydrogen-bond donors (Lipinski definition) is 0. The first kappa shape index (κ1) is 14.4. The van der Waals surface area contributed by atoms with Gasteiger partial charge in [-0.25, -0.2) is 4.98 Å². The zero-order valence-electron chi connectivity index (χ0n) is 12.3. The lowest BCUT2D eigenvalue weighted by Gasteiger charge is -2.11. The first-order valence-corrected chi connectivity index (χ1v) is 7.58. The highest BCUT2D eigenvalue weighted by molar-refractivity contribution is 6.17. The first-order chi connectivity index (χ1) is 9.08. The quantitative estimate of drug-likeness (QED) is 0.763. The fourth-order valence-corrected chi connectivity index (χ4v) is 2.69. The van der Waals surface area contributed by atoms with E-state index < -0.39 is 0 Å². The molecule has 5 heteroatoms. The zero-order chi connectivity index (χ0) is 14.0. The Morgan fingerprint density at radius 1 is 1.26 bits per heavy atom. The van der Waals surface area contributed by atoms with Crippen LogP contribution in [0.15, 0.2) is 0 Å². The van der Waals surface area contributed by atoms with Crippen LogP contribution in [0.25, 0.3) is 11.2 Å². The number of fused-ring (bicyclic) bond motifs is 1. The van der Waals surface area contributed by atoms with Gasteiger partial charge in [0.15, 0.2) is 5.65 Å². The van der Waals surface area contributed by atoms with Crippen LogP contribution in [0.3, 0.4) is 0 Å². The van der Waals surface area contributed by atoms with E-state index in [1.807, 2.05) is 11.7 Å². The second kappa shape index (κ2) is 5.95. The van der Waals surface area contributed by atoms with E-state index in [0.717, 1.165) is 48.5 Å². The molecule has 4 nitrogen and oxygen atoms in total. The predicted molar refractivity (Wildman–Crippen MR) is 79.8 cm³/mol. The van der Waals surface area contributed by atoms with Crippen LogP contribution in [-0.4, -0.2) is 25.2 Å². The summed E-state index contributed by atoms with van der Waals surface area (Å²) in [5.74, 6) is 2.28. The van der Waals surface area contributed by atoms with Crippen LogP contribution in [-0.2, 0) is 26.4 Å². The third kappa shape index (κ3) is 2.78. The fourth-order valence-electron chi connectivity index (χ4n) is 2.52. The van der Waals surface area contributed by atoms with Crippen molar-refractivity contribution in [3.63, 3.8) is 0 Å². The summed E-state index contributed by atoms with van der Waals surface area (Å²) in [6.45, 7) is 7.58. The van der Waals surface area contributed by atoms with Crippen LogP contribution in [0, 0.1) is 5.92 Å². The van der Waals surface area contributed by atoms with Gasteiger partial charge in [-0.2, -0.15) is 5.10 Å². The standard InChI is InChI=1S/C14H23ClN4/c1-5-6-11-13-14(18(4)17-11)19(9-10(2)3)12(16-13)7-8-15/h10H,5-9H2,1-4H3. The summed E-state index contributed by atoms with van der Waals surface area (Å²) in [6.07, 6.45) is 2.89. The van der Waals surface area contributed by atoms with E-state index in [0.29, 0.717) is 11.8 Å². The Morgan fingerprint density at radius 3 is 2.58 bits per heavy atom. The summed E-state index contributed by atoms with van der Waals surface area (Å²) < 4.78 is 4.25. The molecule has 2 aromatic rings. The Balaban J connectivity index is 2.56. The molecule has 0 fully saturated rings. The molecule has 0 aliphatic rings. The third-order valence-corrected chi connectivity index (χ3v) is 3.41. The van der Waals surface area contributed by atoms with Gasteiger partial charge in [0.1, 0.15) is 11.3 Å². The number of aromatic nitrogens is 4. The molecule has 2 aromatic heterocycles. The fraction of sp³-hybridized carbons (Fsp3) is 0.714. The molecule has 19 heavy (non-hydrogen) atoms. The Kier molecular flexibility index (Phi) is 4.50. The lowest BCUT2D eigenvalue weighted by Crippen LogP contribution is -2.11. The summed E-state index contributed by atoms with van der Waals surface area (Å²) in [7, 11) is 2.00. The lowest BCUT2D eigenvalue weighted by molar-refractivity contribution is 0.509. The normalized spacial score (nSPS) is 11.9. The van der Waals surface area contributed by atoms with Gasteiger partial charge < -0.3 is 4.57 Å². The molecule has 0 spiro atoms. The van der Waals surface area contributed by atoms with E-state index in [-0.39, 0.29) is 0 Å². The molecule has 0 amide bonds. The highest BCUT2D eigenvalue weighted by Crippen LogP contribution is 2.22. The molecule has 0 aliphatic carbocycles. The number of aryl methyl sites for hydroxylation is 3. The Labute approximate surface area is 119 Å². The van der Waals surface area contributed by atoms with E-state index in [4.69, 9.17) is 16.6 Å². The molecule has 0 atom stereocenters. The van der Waals surface area contributed by atoms with Crippen LogP contribution < -0.4 is 0 Å². The topological polar surface area (TPSA) is 35.6 Å². The Morgan fingerprint density at radius 2 is 2.00 bits per heavy atom.